The number of ether oxygens (including phenoxy) is 1. The zero-order valence-electron chi connectivity index (χ0n) is 16.3. The molecule has 0 aromatic heterocycles. The van der Waals surface area contributed by atoms with Gasteiger partial charge in [0.05, 0.1) is 0 Å². The first-order valence-electron chi connectivity index (χ1n) is 9.77. The predicted molar refractivity (Wildman–Crippen MR) is 95.9 cm³/mol. The fourth-order valence-electron chi connectivity index (χ4n) is 3.59. The van der Waals surface area contributed by atoms with Gasteiger partial charge in [-0.15, -0.1) is 5.06 Å². The number of likely N-dealkylation sites (tertiary alicyclic amines) is 1. The van der Waals surface area contributed by atoms with Crippen LogP contribution < -0.4 is 0 Å². The van der Waals surface area contributed by atoms with Crippen molar-refractivity contribution < 1.29 is 19.2 Å². The number of hydrogen-bond donors (Lipinski definition) is 0. The number of nitrogens with zero attached hydrogens (tertiary/aromatic N) is 2. The fraction of sp³-hybridized carbons (Fsp3) is 0.895. The van der Waals surface area contributed by atoms with Crippen molar-refractivity contribution in [1.82, 2.24) is 9.96 Å². The quantitative estimate of drug-likeness (QED) is 0.717. The molecule has 2 rings (SSSR count). The number of carbonyl (C=O) groups is 2. The Labute approximate surface area is 151 Å². The number of hydroxylamine groups is 2. The Balaban J connectivity index is 1.93. The summed E-state index contributed by atoms with van der Waals surface area (Å²) in [7, 11) is 0. The molecule has 0 aromatic rings. The molecule has 2 aliphatic rings. The second kappa shape index (κ2) is 8.88. The lowest BCUT2D eigenvalue weighted by molar-refractivity contribution is -0.223. The number of piperidine rings is 1. The standard InChI is InChI=1S/C19H34N2O4/c1-5-17(22)25-21(15-9-7-6-8-10-15)16-11-13-20(14-12-16)18(23)24-19(2,3)4/h15-16H,5-14H2,1-4H3. The molecule has 1 amide bonds. The molecule has 25 heavy (non-hydrogen) atoms. The zero-order valence-corrected chi connectivity index (χ0v) is 16.3. The van der Waals surface area contributed by atoms with Gasteiger partial charge in [0.1, 0.15) is 5.60 Å². The number of carbonyl (C=O) groups excluding carboxylic acids is 2. The molecular formula is C19H34N2O4. The van der Waals surface area contributed by atoms with Crippen LogP contribution in [0.1, 0.15) is 79.1 Å². The molecule has 1 aliphatic carbocycles. The van der Waals surface area contributed by atoms with Crippen molar-refractivity contribution in [3.63, 3.8) is 0 Å². The molecule has 2 fully saturated rings. The fourth-order valence-corrected chi connectivity index (χ4v) is 3.59. The van der Waals surface area contributed by atoms with Gasteiger partial charge in [-0.3, -0.25) is 4.79 Å². The van der Waals surface area contributed by atoms with E-state index in [0.717, 1.165) is 25.7 Å². The summed E-state index contributed by atoms with van der Waals surface area (Å²) in [5, 5.41) is 1.97. The first-order chi connectivity index (χ1) is 11.8. The van der Waals surface area contributed by atoms with Gasteiger partial charge in [-0.1, -0.05) is 26.2 Å². The minimum absolute atomic E-state index is 0.167. The smallest absolute Gasteiger partial charge is 0.410 e. The second-order valence-corrected chi connectivity index (χ2v) is 8.17. The van der Waals surface area contributed by atoms with Crippen molar-refractivity contribution in [2.45, 2.75) is 96.7 Å². The molecule has 1 saturated carbocycles. The maximum atomic E-state index is 12.2. The van der Waals surface area contributed by atoms with Crippen LogP contribution in [0, 0.1) is 0 Å². The molecule has 0 N–H and O–H groups in total. The highest BCUT2D eigenvalue weighted by molar-refractivity contribution is 5.69. The van der Waals surface area contributed by atoms with E-state index < -0.39 is 5.60 Å². The van der Waals surface area contributed by atoms with Gasteiger partial charge in [0, 0.05) is 31.6 Å². The van der Waals surface area contributed by atoms with Gasteiger partial charge in [-0.05, 0) is 46.5 Å². The maximum Gasteiger partial charge on any atom is 0.410 e. The van der Waals surface area contributed by atoms with E-state index in [-0.39, 0.29) is 18.1 Å². The van der Waals surface area contributed by atoms with Crippen LogP contribution in [-0.4, -0.2) is 52.8 Å². The first kappa shape index (κ1) is 20.0. The average molecular weight is 354 g/mol. The molecule has 144 valence electrons. The largest absolute Gasteiger partial charge is 0.444 e. The summed E-state index contributed by atoms with van der Waals surface area (Å²) < 4.78 is 5.46. The summed E-state index contributed by atoms with van der Waals surface area (Å²) >= 11 is 0. The van der Waals surface area contributed by atoms with Gasteiger partial charge in [-0.2, -0.15) is 0 Å². The first-order valence-corrected chi connectivity index (χ1v) is 9.77. The van der Waals surface area contributed by atoms with Crippen LogP contribution in [0.3, 0.4) is 0 Å². The van der Waals surface area contributed by atoms with E-state index in [9.17, 15) is 9.59 Å². The molecule has 1 saturated heterocycles. The van der Waals surface area contributed by atoms with Crippen LogP contribution in [-0.2, 0) is 14.4 Å². The molecule has 0 bridgehead atoms. The Bertz CT molecular complexity index is 447. The highest BCUT2D eigenvalue weighted by atomic mass is 16.7. The third-order valence-electron chi connectivity index (χ3n) is 4.91. The van der Waals surface area contributed by atoms with Crippen molar-refractivity contribution in [3.05, 3.63) is 0 Å². The van der Waals surface area contributed by atoms with Crippen LogP contribution in [0.2, 0.25) is 0 Å². The van der Waals surface area contributed by atoms with Crippen LogP contribution in [0.25, 0.3) is 0 Å². The molecule has 0 atom stereocenters. The number of hydrogen-bond acceptors (Lipinski definition) is 5. The monoisotopic (exact) mass is 354 g/mol. The van der Waals surface area contributed by atoms with Crippen LogP contribution in [0.4, 0.5) is 4.79 Å². The van der Waals surface area contributed by atoms with E-state index in [1.54, 1.807) is 4.90 Å². The number of rotatable bonds is 4. The summed E-state index contributed by atoms with van der Waals surface area (Å²) in [6, 6.07) is 0.514. The van der Waals surface area contributed by atoms with E-state index >= 15 is 0 Å². The minimum Gasteiger partial charge on any atom is -0.444 e. The van der Waals surface area contributed by atoms with E-state index in [1.165, 1.54) is 19.3 Å². The molecule has 1 aliphatic heterocycles. The molecule has 0 spiro atoms. The van der Waals surface area contributed by atoms with Crippen LogP contribution in [0.5, 0.6) is 0 Å². The van der Waals surface area contributed by atoms with Gasteiger partial charge < -0.3 is 14.5 Å². The van der Waals surface area contributed by atoms with Gasteiger partial charge >= 0.3 is 12.1 Å². The molecular weight excluding hydrogens is 320 g/mol. The van der Waals surface area contributed by atoms with Crippen molar-refractivity contribution in [1.29, 1.82) is 0 Å². The lowest BCUT2D eigenvalue weighted by Crippen LogP contribution is -2.51. The highest BCUT2D eigenvalue weighted by Gasteiger charge is 2.35. The third kappa shape index (κ3) is 6.17. The Hall–Kier alpha value is -1.30. The van der Waals surface area contributed by atoms with E-state index in [1.807, 2.05) is 32.8 Å². The maximum absolute atomic E-state index is 12.2. The average Bonchev–Trinajstić information content (AvgIpc) is 2.59. The SMILES string of the molecule is CCC(=O)ON(C1CCCCC1)C1CCN(C(=O)OC(C)(C)C)CC1. The van der Waals surface area contributed by atoms with Crippen molar-refractivity contribution in [2.75, 3.05) is 13.1 Å². The summed E-state index contributed by atoms with van der Waals surface area (Å²) in [4.78, 5) is 31.6. The lowest BCUT2D eigenvalue weighted by Gasteiger charge is -2.41. The Morgan fingerprint density at radius 2 is 1.56 bits per heavy atom. The Morgan fingerprint density at radius 3 is 2.08 bits per heavy atom. The van der Waals surface area contributed by atoms with Gasteiger partial charge in [-0.25, -0.2) is 4.79 Å². The van der Waals surface area contributed by atoms with E-state index in [0.29, 0.717) is 25.6 Å². The molecule has 0 aromatic carbocycles. The normalized spacial score (nSPS) is 20.6. The summed E-state index contributed by atoms with van der Waals surface area (Å²) in [5.41, 5.74) is -0.473. The van der Waals surface area contributed by atoms with Crippen LogP contribution >= 0.6 is 0 Å². The zero-order chi connectivity index (χ0) is 18.4. The summed E-state index contributed by atoms with van der Waals surface area (Å²) in [6.07, 6.45) is 7.60. The summed E-state index contributed by atoms with van der Waals surface area (Å²) in [6.45, 7) is 8.76. The van der Waals surface area contributed by atoms with E-state index in [4.69, 9.17) is 9.57 Å². The molecule has 0 unspecified atom stereocenters. The predicted octanol–water partition coefficient (Wildman–Crippen LogP) is 3.89. The Kier molecular flexibility index (Phi) is 7.11. The second-order valence-electron chi connectivity index (χ2n) is 8.17. The Morgan fingerprint density at radius 1 is 1.00 bits per heavy atom. The minimum atomic E-state index is -0.473. The van der Waals surface area contributed by atoms with Crippen LogP contribution in [0.15, 0.2) is 0 Å². The molecule has 0 radical (unpaired) electrons. The van der Waals surface area contributed by atoms with E-state index in [2.05, 4.69) is 0 Å². The van der Waals surface area contributed by atoms with Crippen molar-refractivity contribution in [2.24, 2.45) is 0 Å². The van der Waals surface area contributed by atoms with Crippen molar-refractivity contribution in [3.8, 4) is 0 Å². The lowest BCUT2D eigenvalue weighted by atomic mass is 9.93. The number of amides is 1. The topological polar surface area (TPSA) is 59.1 Å². The van der Waals surface area contributed by atoms with Gasteiger partial charge in [0.25, 0.3) is 0 Å². The van der Waals surface area contributed by atoms with Crippen molar-refractivity contribution >= 4 is 12.1 Å². The van der Waals surface area contributed by atoms with Gasteiger partial charge in [0.2, 0.25) is 0 Å². The molecule has 6 nitrogen and oxygen atoms in total. The summed E-state index contributed by atoms with van der Waals surface area (Å²) in [5.74, 6) is -0.167. The molecule has 6 heteroatoms. The highest BCUT2D eigenvalue weighted by Crippen LogP contribution is 2.28. The van der Waals surface area contributed by atoms with Gasteiger partial charge in [0.15, 0.2) is 0 Å². The molecule has 1 heterocycles. The third-order valence-corrected chi connectivity index (χ3v) is 4.91.